The largest absolute Gasteiger partial charge is 0.496 e. The number of fused-ring (bicyclic) bond motifs is 1. The van der Waals surface area contributed by atoms with Crippen molar-refractivity contribution in [2.45, 2.75) is 38.4 Å². The number of nitrogens with zero attached hydrogens (tertiary/aromatic N) is 4. The van der Waals surface area contributed by atoms with Gasteiger partial charge in [0, 0.05) is 92.8 Å². The number of nitrogens with one attached hydrogen (secondary N) is 3. The first-order valence-electron chi connectivity index (χ1n) is 15.6. The maximum atomic E-state index is 13.4. The van der Waals surface area contributed by atoms with Crippen LogP contribution < -0.4 is 20.7 Å². The Morgan fingerprint density at radius 1 is 1.15 bits per heavy atom. The van der Waals surface area contributed by atoms with Gasteiger partial charge in [-0.1, -0.05) is 47.5 Å². The van der Waals surface area contributed by atoms with Gasteiger partial charge in [0.25, 0.3) is 5.91 Å². The Hall–Kier alpha value is -4.00. The molecule has 6 rings (SSSR count). The number of carbonyl (C=O) groups is 2. The first kappa shape index (κ1) is 32.9. The van der Waals surface area contributed by atoms with Crippen molar-refractivity contribution in [2.75, 3.05) is 38.7 Å². The van der Waals surface area contributed by atoms with E-state index >= 15 is 0 Å². The lowest BCUT2D eigenvalue weighted by atomic mass is 10.0. The molecule has 0 saturated carbocycles. The Balaban J connectivity index is 1.20. The maximum absolute atomic E-state index is 13.4. The normalized spacial score (nSPS) is 16.2. The Kier molecular flexibility index (Phi) is 10.1. The van der Waals surface area contributed by atoms with Crippen LogP contribution in [0.4, 0.5) is 5.69 Å². The fourth-order valence-electron chi connectivity index (χ4n) is 6.23. The Bertz CT molecular complexity index is 1810. The number of imidazole rings is 1. The van der Waals surface area contributed by atoms with Gasteiger partial charge in [0.05, 0.1) is 40.8 Å². The summed E-state index contributed by atoms with van der Waals surface area (Å²) in [6, 6.07) is 13.2. The summed E-state index contributed by atoms with van der Waals surface area (Å²) in [6.07, 6.45) is 3.83. The van der Waals surface area contributed by atoms with Gasteiger partial charge in [0.2, 0.25) is 5.91 Å². The molecule has 0 radical (unpaired) electrons. The molecule has 2 aromatic carbocycles. The number of aliphatic hydroxyl groups is 1. The van der Waals surface area contributed by atoms with Gasteiger partial charge >= 0.3 is 0 Å². The van der Waals surface area contributed by atoms with E-state index in [1.165, 1.54) is 0 Å². The van der Waals surface area contributed by atoms with Crippen LogP contribution in [0.1, 0.15) is 40.4 Å². The molecule has 0 bridgehead atoms. The summed E-state index contributed by atoms with van der Waals surface area (Å²) in [5, 5.41) is 19.4. The summed E-state index contributed by atoms with van der Waals surface area (Å²) < 4.78 is 7.53. The number of hydrogen-bond donors (Lipinski definition) is 4. The Morgan fingerprint density at radius 3 is 2.74 bits per heavy atom. The number of β-amino-alcohol motifs (C(OH)–C–C–N with tert-alkyl or cyclic N) is 1. The average molecular weight is 679 g/mol. The van der Waals surface area contributed by atoms with Crippen molar-refractivity contribution < 1.29 is 19.4 Å². The summed E-state index contributed by atoms with van der Waals surface area (Å²) in [7, 11) is 3.46. The lowest BCUT2D eigenvalue weighted by Gasteiger charge is -2.25. The zero-order valence-corrected chi connectivity index (χ0v) is 27.8. The van der Waals surface area contributed by atoms with Crippen LogP contribution in [0.25, 0.3) is 22.4 Å². The summed E-state index contributed by atoms with van der Waals surface area (Å²) in [5.74, 6) is 0.710. The monoisotopic (exact) mass is 677 g/mol. The molecular formula is C34H37Cl2N7O4. The Labute approximate surface area is 283 Å². The van der Waals surface area contributed by atoms with E-state index in [0.717, 1.165) is 41.9 Å². The second-order valence-electron chi connectivity index (χ2n) is 11.7. The smallest absolute Gasteiger partial charge is 0.291 e. The molecule has 4 N–H and O–H groups in total. The number of carbonyl (C=O) groups excluding carboxylic acids is 2. The van der Waals surface area contributed by atoms with Crippen LogP contribution in [0.5, 0.6) is 5.75 Å². The third-order valence-corrected chi connectivity index (χ3v) is 9.52. The lowest BCUT2D eigenvalue weighted by molar-refractivity contribution is -0.119. The number of pyridine rings is 1. The van der Waals surface area contributed by atoms with Crippen molar-refractivity contribution in [1.82, 2.24) is 30.1 Å². The highest BCUT2D eigenvalue weighted by atomic mass is 35.5. The van der Waals surface area contributed by atoms with Gasteiger partial charge in [-0.25, -0.2) is 4.98 Å². The number of anilines is 1. The number of amides is 2. The van der Waals surface area contributed by atoms with Crippen LogP contribution in [0, 0.1) is 0 Å². The molecule has 2 amide bonds. The minimum Gasteiger partial charge on any atom is -0.496 e. The molecule has 47 heavy (non-hydrogen) atoms. The molecule has 2 aliphatic heterocycles. The van der Waals surface area contributed by atoms with Crippen molar-refractivity contribution in [3.8, 4) is 28.1 Å². The number of methoxy groups -OCH3 is 1. The SMILES string of the molecule is COc1cc(-c2nccc(-c3cccc(NC(=O)c4nc5c(n4C)CCN(CCO)C5)c3Cl)c2Cl)ccc1CNC[C@@H]1CCC(=O)N1. The highest BCUT2D eigenvalue weighted by Crippen LogP contribution is 2.41. The van der Waals surface area contributed by atoms with E-state index in [0.29, 0.717) is 76.7 Å². The summed E-state index contributed by atoms with van der Waals surface area (Å²) in [4.78, 5) is 36.2. The molecule has 2 aliphatic rings. The molecule has 1 saturated heterocycles. The highest BCUT2D eigenvalue weighted by molar-refractivity contribution is 6.39. The van der Waals surface area contributed by atoms with Crippen LogP contribution in [0.15, 0.2) is 48.7 Å². The van der Waals surface area contributed by atoms with Gasteiger partial charge in [-0.3, -0.25) is 19.5 Å². The highest BCUT2D eigenvalue weighted by Gasteiger charge is 2.26. The van der Waals surface area contributed by atoms with Crippen molar-refractivity contribution >= 4 is 40.7 Å². The third-order valence-electron chi connectivity index (χ3n) is 8.73. The second-order valence-corrected chi connectivity index (χ2v) is 12.5. The van der Waals surface area contributed by atoms with Gasteiger partial charge in [-0.05, 0) is 24.6 Å². The van der Waals surface area contributed by atoms with Gasteiger partial charge < -0.3 is 30.4 Å². The Morgan fingerprint density at radius 2 is 1.98 bits per heavy atom. The van der Waals surface area contributed by atoms with Crippen molar-refractivity contribution in [2.24, 2.45) is 7.05 Å². The molecule has 0 spiro atoms. The quantitative estimate of drug-likeness (QED) is 0.183. The van der Waals surface area contributed by atoms with Crippen LogP contribution in [0.3, 0.4) is 0 Å². The van der Waals surface area contributed by atoms with Crippen LogP contribution in [-0.2, 0) is 31.4 Å². The van der Waals surface area contributed by atoms with Gasteiger partial charge in [0.15, 0.2) is 5.82 Å². The number of benzene rings is 2. The van der Waals surface area contributed by atoms with E-state index in [1.807, 2.05) is 41.9 Å². The van der Waals surface area contributed by atoms with E-state index in [4.69, 9.17) is 27.9 Å². The minimum absolute atomic E-state index is 0.0790. The zero-order chi connectivity index (χ0) is 33.1. The second kappa shape index (κ2) is 14.4. The predicted molar refractivity (Wildman–Crippen MR) is 182 cm³/mol. The minimum atomic E-state index is -0.370. The fraction of sp³-hybridized carbons (Fsp3) is 0.353. The first-order valence-corrected chi connectivity index (χ1v) is 16.3. The molecule has 2 aromatic heterocycles. The molecule has 4 heterocycles. The number of halogens is 2. The van der Waals surface area contributed by atoms with Gasteiger partial charge in [-0.15, -0.1) is 0 Å². The molecule has 1 fully saturated rings. The van der Waals surface area contributed by atoms with Gasteiger partial charge in [0.1, 0.15) is 5.75 Å². The fourth-order valence-corrected chi connectivity index (χ4v) is 6.83. The topological polar surface area (TPSA) is 134 Å². The van der Waals surface area contributed by atoms with Crippen molar-refractivity contribution in [3.05, 3.63) is 81.5 Å². The summed E-state index contributed by atoms with van der Waals surface area (Å²) >= 11 is 13.9. The van der Waals surface area contributed by atoms with E-state index in [1.54, 1.807) is 25.4 Å². The molecule has 4 aromatic rings. The number of aromatic nitrogens is 3. The predicted octanol–water partition coefficient (Wildman–Crippen LogP) is 4.44. The lowest BCUT2D eigenvalue weighted by Crippen LogP contribution is -2.35. The molecule has 0 aliphatic carbocycles. The van der Waals surface area contributed by atoms with Crippen molar-refractivity contribution in [1.29, 1.82) is 0 Å². The molecule has 13 heteroatoms. The zero-order valence-electron chi connectivity index (χ0n) is 26.3. The van der Waals surface area contributed by atoms with E-state index in [-0.39, 0.29) is 24.5 Å². The van der Waals surface area contributed by atoms with Gasteiger partial charge in [-0.2, -0.15) is 0 Å². The molecule has 1 atom stereocenters. The third kappa shape index (κ3) is 7.00. The van der Waals surface area contributed by atoms with Crippen LogP contribution in [0.2, 0.25) is 10.0 Å². The number of ether oxygens (including phenoxy) is 1. The van der Waals surface area contributed by atoms with Crippen LogP contribution in [-0.4, -0.2) is 75.7 Å². The summed E-state index contributed by atoms with van der Waals surface area (Å²) in [6.45, 7) is 3.29. The molecule has 246 valence electrons. The molecule has 0 unspecified atom stereocenters. The summed E-state index contributed by atoms with van der Waals surface area (Å²) in [5.41, 5.74) is 5.90. The van der Waals surface area contributed by atoms with E-state index < -0.39 is 0 Å². The number of aliphatic hydroxyl groups excluding tert-OH is 1. The molecular weight excluding hydrogens is 641 g/mol. The standard InChI is InChI=1S/C34H37Cl2N7O4/c1-42-27-11-13-43(14-15-44)19-26(27)40-33(42)34(46)41-25-5-3-4-23(30(25)35)24-10-12-38-32(31(24)36)20-6-7-21(28(16-20)47-2)17-37-18-22-8-9-29(45)39-22/h3-7,10,12,16,22,37,44H,8-9,11,13-15,17-19H2,1-2H3,(H,39,45)(H,41,46)/t22-/m0/s1. The van der Waals surface area contributed by atoms with E-state index in [2.05, 4.69) is 30.8 Å². The number of rotatable bonds is 11. The first-order chi connectivity index (χ1) is 22.8. The molecule has 11 nitrogen and oxygen atoms in total. The maximum Gasteiger partial charge on any atom is 0.291 e. The van der Waals surface area contributed by atoms with E-state index in [9.17, 15) is 14.7 Å². The van der Waals surface area contributed by atoms with Crippen molar-refractivity contribution in [3.63, 3.8) is 0 Å². The number of hydrogen-bond acceptors (Lipinski definition) is 8. The van der Waals surface area contributed by atoms with Crippen LogP contribution >= 0.6 is 23.2 Å². The average Bonchev–Trinajstić information content (AvgIpc) is 3.64.